The van der Waals surface area contributed by atoms with Gasteiger partial charge < -0.3 is 15.4 Å². The van der Waals surface area contributed by atoms with Gasteiger partial charge in [-0.25, -0.2) is 9.97 Å². The third-order valence-corrected chi connectivity index (χ3v) is 6.38. The first-order valence-corrected chi connectivity index (χ1v) is 12.5. The molecule has 0 bridgehead atoms. The van der Waals surface area contributed by atoms with E-state index in [9.17, 15) is 5.11 Å². The lowest BCUT2D eigenvalue weighted by Crippen LogP contribution is -2.25. The quantitative estimate of drug-likeness (QED) is 0.211. The molecule has 6 rings (SSSR count). The minimum atomic E-state index is -0.659. The van der Waals surface area contributed by atoms with Crippen molar-refractivity contribution in [3.05, 3.63) is 73.4 Å². The Morgan fingerprint density at radius 2 is 1.76 bits per heavy atom. The number of aromatic nitrogens is 7. The van der Waals surface area contributed by atoms with Crippen molar-refractivity contribution in [2.45, 2.75) is 33.4 Å². The van der Waals surface area contributed by atoms with Gasteiger partial charge >= 0.3 is 0 Å². The second-order valence-corrected chi connectivity index (χ2v) is 10.6. The zero-order valence-electron chi connectivity index (χ0n) is 21.4. The molecule has 5 heterocycles. The number of benzene rings is 1. The molecule has 0 aliphatic carbocycles. The van der Waals surface area contributed by atoms with Crippen LogP contribution in [0.25, 0.3) is 55.8 Å². The number of imidazole rings is 1. The summed E-state index contributed by atoms with van der Waals surface area (Å²) in [6.07, 6.45) is 8.80. The molecule has 5 aromatic heterocycles. The number of hydrogen-bond donors (Lipinski definition) is 4. The van der Waals surface area contributed by atoms with E-state index in [-0.39, 0.29) is 5.41 Å². The summed E-state index contributed by atoms with van der Waals surface area (Å²) in [5, 5.41) is 22.2. The van der Waals surface area contributed by atoms with Crippen LogP contribution < -0.4 is 5.32 Å². The number of H-pyrrole nitrogens is 2. The van der Waals surface area contributed by atoms with Gasteiger partial charge in [0.2, 0.25) is 0 Å². The first kappa shape index (κ1) is 23.7. The van der Waals surface area contributed by atoms with Crippen LogP contribution in [0.3, 0.4) is 0 Å². The molecule has 1 unspecified atom stereocenters. The molecule has 0 saturated carbocycles. The average molecular weight is 505 g/mol. The molecule has 0 aliphatic heterocycles. The first-order valence-electron chi connectivity index (χ1n) is 12.5. The Morgan fingerprint density at radius 3 is 2.58 bits per heavy atom. The number of aliphatic hydroxyl groups is 1. The van der Waals surface area contributed by atoms with Crippen LogP contribution in [-0.2, 0) is 0 Å². The number of fused-ring (bicyclic) bond motifs is 2. The maximum atomic E-state index is 10.5. The molecule has 0 spiro atoms. The van der Waals surface area contributed by atoms with E-state index in [0.29, 0.717) is 23.6 Å². The zero-order chi connectivity index (χ0) is 26.3. The molecule has 9 nitrogen and oxygen atoms in total. The highest BCUT2D eigenvalue weighted by molar-refractivity contribution is 5.97. The highest BCUT2D eigenvalue weighted by atomic mass is 16.3. The number of hydrogen-bond acceptors (Lipinski definition) is 7. The van der Waals surface area contributed by atoms with E-state index in [2.05, 4.69) is 62.3 Å². The number of nitrogens with one attached hydrogen (secondary N) is 3. The van der Waals surface area contributed by atoms with Gasteiger partial charge in [0.15, 0.2) is 11.5 Å². The van der Waals surface area contributed by atoms with E-state index in [1.807, 2.05) is 42.6 Å². The van der Waals surface area contributed by atoms with Gasteiger partial charge in [-0.1, -0.05) is 26.8 Å². The van der Waals surface area contributed by atoms with Crippen LogP contribution in [0.2, 0.25) is 0 Å². The Kier molecular flexibility index (Phi) is 5.84. The summed E-state index contributed by atoms with van der Waals surface area (Å²) in [5.41, 5.74) is 7.79. The summed E-state index contributed by atoms with van der Waals surface area (Å²) < 4.78 is 0. The Balaban J connectivity index is 1.36. The molecular formula is C29H28N8O. The van der Waals surface area contributed by atoms with Crippen molar-refractivity contribution < 1.29 is 5.11 Å². The molecule has 1 atom stereocenters. The average Bonchev–Trinajstić information content (AvgIpc) is 3.51. The summed E-state index contributed by atoms with van der Waals surface area (Å²) in [4.78, 5) is 21.2. The summed E-state index contributed by atoms with van der Waals surface area (Å²) in [5.74, 6) is 0.635. The molecule has 38 heavy (non-hydrogen) atoms. The fourth-order valence-electron chi connectivity index (χ4n) is 4.67. The van der Waals surface area contributed by atoms with Crippen LogP contribution in [0.5, 0.6) is 0 Å². The lowest BCUT2D eigenvalue weighted by atomic mass is 9.91. The van der Waals surface area contributed by atoms with Crippen LogP contribution in [0, 0.1) is 5.41 Å². The lowest BCUT2D eigenvalue weighted by Gasteiger charge is -2.23. The third kappa shape index (κ3) is 4.71. The standard InChI is InChI=1S/C29H28N8O/c1-29(2,3)14-24(38)33-20-12-19(15-31-16-20)18-4-5-23-22(13-18)26(37-36-23)28-34-25-21(8-11-32-27(25)35-28)17-6-9-30-10-7-17/h4-13,15-16,24,33,38H,14H2,1-3H3,(H,36,37)(H,32,34,35). The fraction of sp³-hybridized carbons (Fsp3) is 0.207. The highest BCUT2D eigenvalue weighted by Crippen LogP contribution is 2.33. The van der Waals surface area contributed by atoms with Gasteiger partial charge in [-0.15, -0.1) is 0 Å². The van der Waals surface area contributed by atoms with Crippen LogP contribution in [0.1, 0.15) is 27.2 Å². The van der Waals surface area contributed by atoms with Crippen molar-refractivity contribution >= 4 is 27.8 Å². The summed E-state index contributed by atoms with van der Waals surface area (Å²) in [6, 6.07) is 14.0. The maximum absolute atomic E-state index is 10.5. The molecule has 0 aliphatic rings. The Morgan fingerprint density at radius 1 is 0.921 bits per heavy atom. The molecule has 0 fully saturated rings. The molecular weight excluding hydrogens is 476 g/mol. The van der Waals surface area contributed by atoms with Gasteiger partial charge in [-0.2, -0.15) is 5.10 Å². The first-order chi connectivity index (χ1) is 18.3. The van der Waals surface area contributed by atoms with E-state index in [0.717, 1.165) is 44.4 Å². The van der Waals surface area contributed by atoms with Gasteiger partial charge in [0.05, 0.1) is 22.9 Å². The van der Waals surface area contributed by atoms with Crippen molar-refractivity contribution in [2.75, 3.05) is 5.32 Å². The van der Waals surface area contributed by atoms with Crippen molar-refractivity contribution in [3.63, 3.8) is 0 Å². The molecule has 1 aromatic carbocycles. The van der Waals surface area contributed by atoms with Crippen molar-refractivity contribution in [2.24, 2.45) is 5.41 Å². The maximum Gasteiger partial charge on any atom is 0.178 e. The second kappa shape index (κ2) is 9.35. The molecule has 0 radical (unpaired) electrons. The van der Waals surface area contributed by atoms with Gasteiger partial charge in [-0.3, -0.25) is 15.1 Å². The van der Waals surface area contributed by atoms with Gasteiger partial charge in [0, 0.05) is 41.3 Å². The number of pyridine rings is 3. The van der Waals surface area contributed by atoms with Crippen molar-refractivity contribution in [3.8, 4) is 33.8 Å². The van der Waals surface area contributed by atoms with E-state index in [4.69, 9.17) is 4.98 Å². The van der Waals surface area contributed by atoms with Crippen molar-refractivity contribution in [1.82, 2.24) is 35.1 Å². The fourth-order valence-corrected chi connectivity index (χ4v) is 4.67. The van der Waals surface area contributed by atoms with Crippen LogP contribution in [0.4, 0.5) is 5.69 Å². The number of rotatable bonds is 6. The topological polar surface area (TPSA) is 128 Å². The molecule has 4 N–H and O–H groups in total. The van der Waals surface area contributed by atoms with Crippen LogP contribution in [0.15, 0.2) is 73.4 Å². The van der Waals surface area contributed by atoms with E-state index >= 15 is 0 Å². The minimum Gasteiger partial charge on any atom is -0.374 e. The Bertz CT molecular complexity index is 1730. The highest BCUT2D eigenvalue weighted by Gasteiger charge is 2.18. The molecule has 190 valence electrons. The van der Waals surface area contributed by atoms with Crippen LogP contribution >= 0.6 is 0 Å². The number of anilines is 1. The summed E-state index contributed by atoms with van der Waals surface area (Å²) in [7, 11) is 0. The van der Waals surface area contributed by atoms with Gasteiger partial charge in [0.25, 0.3) is 0 Å². The van der Waals surface area contributed by atoms with E-state index < -0.39 is 6.23 Å². The van der Waals surface area contributed by atoms with Crippen molar-refractivity contribution in [1.29, 1.82) is 0 Å². The monoisotopic (exact) mass is 504 g/mol. The SMILES string of the molecule is CC(C)(C)CC(O)Nc1cncc(-c2ccc3[nH]nc(-c4nc5nccc(-c6ccncc6)c5[nH]4)c3c2)c1. The number of aromatic amines is 2. The van der Waals surface area contributed by atoms with Crippen LogP contribution in [-0.4, -0.2) is 46.5 Å². The molecule has 6 aromatic rings. The minimum absolute atomic E-state index is 0.00537. The van der Waals surface area contributed by atoms with Gasteiger partial charge in [0.1, 0.15) is 11.9 Å². The third-order valence-electron chi connectivity index (χ3n) is 6.38. The smallest absolute Gasteiger partial charge is 0.178 e. The molecule has 9 heteroatoms. The van der Waals surface area contributed by atoms with E-state index in [1.54, 1.807) is 24.8 Å². The largest absolute Gasteiger partial charge is 0.374 e. The molecule has 0 saturated heterocycles. The number of nitrogens with zero attached hydrogens (tertiary/aromatic N) is 5. The number of aliphatic hydroxyl groups excluding tert-OH is 1. The zero-order valence-corrected chi connectivity index (χ0v) is 21.4. The second-order valence-electron chi connectivity index (χ2n) is 10.6. The summed E-state index contributed by atoms with van der Waals surface area (Å²) in [6.45, 7) is 6.30. The summed E-state index contributed by atoms with van der Waals surface area (Å²) >= 11 is 0. The Labute approximate surface area is 219 Å². The predicted octanol–water partition coefficient (Wildman–Crippen LogP) is 5.79. The van der Waals surface area contributed by atoms with E-state index in [1.165, 1.54) is 0 Å². The predicted molar refractivity (Wildman–Crippen MR) is 149 cm³/mol. The van der Waals surface area contributed by atoms with Gasteiger partial charge in [-0.05, 0) is 59.4 Å². The Hall–Kier alpha value is -4.63. The normalized spacial score (nSPS) is 12.7. The lowest BCUT2D eigenvalue weighted by molar-refractivity contribution is 0.145. The molecule has 0 amide bonds.